The molecule has 0 radical (unpaired) electrons. The molecule has 5 aromatic rings. The highest BCUT2D eigenvalue weighted by atomic mass is 32.1. The summed E-state index contributed by atoms with van der Waals surface area (Å²) in [6.45, 7) is 4.10. The number of fused-ring (bicyclic) bond motifs is 2. The predicted octanol–water partition coefficient (Wildman–Crippen LogP) is 5.54. The minimum absolute atomic E-state index is 0.204. The summed E-state index contributed by atoms with van der Waals surface area (Å²) in [6, 6.07) is 17.8. The zero-order chi connectivity index (χ0) is 20.7. The van der Waals surface area contributed by atoms with Gasteiger partial charge in [0, 0.05) is 23.2 Å². The lowest BCUT2D eigenvalue weighted by Crippen LogP contribution is -2.13. The van der Waals surface area contributed by atoms with E-state index in [0.717, 1.165) is 37.5 Å². The van der Waals surface area contributed by atoms with Gasteiger partial charge in [-0.25, -0.2) is 14.6 Å². The maximum Gasteiger partial charge on any atom is 0.257 e. The quantitative estimate of drug-likeness (QED) is 0.420. The van der Waals surface area contributed by atoms with Crippen molar-refractivity contribution in [2.45, 2.75) is 19.9 Å². The fourth-order valence-corrected chi connectivity index (χ4v) is 4.41. The molecule has 5 rings (SSSR count). The third-order valence-electron chi connectivity index (χ3n) is 4.88. The van der Waals surface area contributed by atoms with Gasteiger partial charge in [0.25, 0.3) is 5.91 Å². The van der Waals surface area contributed by atoms with Gasteiger partial charge in [0.15, 0.2) is 5.65 Å². The summed E-state index contributed by atoms with van der Waals surface area (Å²) in [5, 5.41) is 9.11. The highest BCUT2D eigenvalue weighted by molar-refractivity contribution is 7.21. The third-order valence-corrected chi connectivity index (χ3v) is 5.95. The topological polar surface area (TPSA) is 72.7 Å². The molecule has 148 valence electrons. The average molecular weight is 414 g/mol. The summed E-state index contributed by atoms with van der Waals surface area (Å²) in [6.07, 6.45) is 3.34. The van der Waals surface area contributed by atoms with Crippen molar-refractivity contribution >= 4 is 44.2 Å². The molecule has 0 unspecified atom stereocenters. The number of pyridine rings is 1. The molecule has 1 amide bonds. The first kappa shape index (κ1) is 18.4. The molecule has 3 aromatic heterocycles. The van der Waals surface area contributed by atoms with E-state index >= 15 is 0 Å². The molecule has 3 heterocycles. The second kappa shape index (κ2) is 7.35. The Balaban J connectivity index is 1.47. The molecule has 0 spiro atoms. The van der Waals surface area contributed by atoms with Crippen LogP contribution in [0.25, 0.3) is 31.8 Å². The number of benzene rings is 2. The first-order chi connectivity index (χ1) is 14.6. The number of anilines is 1. The summed E-state index contributed by atoms with van der Waals surface area (Å²) in [5.74, 6) is -0.213. The number of carbonyl (C=O) groups excluding carboxylic acids is 1. The van der Waals surface area contributed by atoms with Gasteiger partial charge in [-0.3, -0.25) is 4.79 Å². The predicted molar refractivity (Wildman–Crippen MR) is 121 cm³/mol. The highest BCUT2D eigenvalue weighted by Gasteiger charge is 2.15. The van der Waals surface area contributed by atoms with Crippen molar-refractivity contribution in [3.63, 3.8) is 0 Å². The Bertz CT molecular complexity index is 1350. The van der Waals surface area contributed by atoms with Crippen molar-refractivity contribution in [1.82, 2.24) is 19.7 Å². The number of aromatic nitrogens is 4. The highest BCUT2D eigenvalue weighted by Crippen LogP contribution is 2.34. The minimum Gasteiger partial charge on any atom is -0.321 e. The molecule has 0 saturated heterocycles. The maximum atomic E-state index is 13.0. The van der Waals surface area contributed by atoms with E-state index < -0.39 is 0 Å². The summed E-state index contributed by atoms with van der Waals surface area (Å²) < 4.78 is 2.96. The van der Waals surface area contributed by atoms with Crippen LogP contribution >= 0.6 is 11.3 Å². The van der Waals surface area contributed by atoms with Gasteiger partial charge in [-0.05, 0) is 44.2 Å². The Kier molecular flexibility index (Phi) is 4.52. The van der Waals surface area contributed by atoms with Gasteiger partial charge in [0.2, 0.25) is 0 Å². The summed E-state index contributed by atoms with van der Waals surface area (Å²) in [7, 11) is 0. The van der Waals surface area contributed by atoms with Crippen LogP contribution in [0, 0.1) is 0 Å². The van der Waals surface area contributed by atoms with Crippen molar-refractivity contribution in [1.29, 1.82) is 0 Å². The van der Waals surface area contributed by atoms with E-state index in [-0.39, 0.29) is 11.9 Å². The molecule has 6 nitrogen and oxygen atoms in total. The van der Waals surface area contributed by atoms with Crippen LogP contribution in [0.1, 0.15) is 30.2 Å². The molecule has 2 aromatic carbocycles. The summed E-state index contributed by atoms with van der Waals surface area (Å²) in [5.41, 5.74) is 3.84. The lowest BCUT2D eigenvalue weighted by atomic mass is 10.1. The molecule has 0 aliphatic carbocycles. The Morgan fingerprint density at radius 2 is 1.87 bits per heavy atom. The van der Waals surface area contributed by atoms with Crippen LogP contribution in [0.15, 0.2) is 67.0 Å². The molecule has 30 heavy (non-hydrogen) atoms. The van der Waals surface area contributed by atoms with Crippen LogP contribution in [0.2, 0.25) is 0 Å². The van der Waals surface area contributed by atoms with Gasteiger partial charge in [-0.15, -0.1) is 11.3 Å². The van der Waals surface area contributed by atoms with Gasteiger partial charge in [0.05, 0.1) is 27.7 Å². The van der Waals surface area contributed by atoms with E-state index in [1.165, 1.54) is 0 Å². The van der Waals surface area contributed by atoms with Crippen LogP contribution in [0.4, 0.5) is 5.69 Å². The van der Waals surface area contributed by atoms with Crippen molar-refractivity contribution in [2.75, 3.05) is 5.32 Å². The number of hydrogen-bond donors (Lipinski definition) is 1. The van der Waals surface area contributed by atoms with Crippen LogP contribution in [-0.4, -0.2) is 25.7 Å². The Hall–Kier alpha value is -3.58. The fraction of sp³-hybridized carbons (Fsp3) is 0.130. The van der Waals surface area contributed by atoms with E-state index in [9.17, 15) is 4.79 Å². The van der Waals surface area contributed by atoms with Crippen molar-refractivity contribution in [3.05, 3.63) is 72.6 Å². The number of nitrogens with one attached hydrogen (secondary N) is 1. The third kappa shape index (κ3) is 3.23. The molecular weight excluding hydrogens is 394 g/mol. The number of amides is 1. The van der Waals surface area contributed by atoms with Crippen LogP contribution in [-0.2, 0) is 0 Å². The number of thiazole rings is 1. The molecule has 0 aliphatic heterocycles. The van der Waals surface area contributed by atoms with Gasteiger partial charge < -0.3 is 5.32 Å². The van der Waals surface area contributed by atoms with Gasteiger partial charge in [0.1, 0.15) is 5.01 Å². The van der Waals surface area contributed by atoms with E-state index in [0.29, 0.717) is 5.56 Å². The minimum atomic E-state index is -0.213. The molecule has 0 saturated carbocycles. The molecule has 0 atom stereocenters. The van der Waals surface area contributed by atoms with E-state index in [1.807, 2.05) is 67.1 Å². The normalized spacial score (nSPS) is 11.4. The first-order valence-electron chi connectivity index (χ1n) is 9.70. The van der Waals surface area contributed by atoms with E-state index in [4.69, 9.17) is 4.98 Å². The van der Waals surface area contributed by atoms with Crippen LogP contribution < -0.4 is 5.32 Å². The Morgan fingerprint density at radius 3 is 2.70 bits per heavy atom. The molecule has 0 bridgehead atoms. The zero-order valence-electron chi connectivity index (χ0n) is 16.5. The fourth-order valence-electron chi connectivity index (χ4n) is 3.40. The van der Waals surface area contributed by atoms with E-state index in [1.54, 1.807) is 23.7 Å². The molecular formula is C23H19N5OS. The largest absolute Gasteiger partial charge is 0.321 e. The zero-order valence-corrected chi connectivity index (χ0v) is 17.4. The second-order valence-corrected chi connectivity index (χ2v) is 8.34. The van der Waals surface area contributed by atoms with Crippen LogP contribution in [0.3, 0.4) is 0 Å². The summed E-state index contributed by atoms with van der Waals surface area (Å²) >= 11 is 1.61. The molecule has 0 fully saturated rings. The first-order valence-corrected chi connectivity index (χ1v) is 10.5. The smallest absolute Gasteiger partial charge is 0.257 e. The van der Waals surface area contributed by atoms with Crippen molar-refractivity contribution in [3.8, 4) is 10.6 Å². The van der Waals surface area contributed by atoms with E-state index in [2.05, 4.69) is 21.5 Å². The number of nitrogens with zero attached hydrogens (tertiary/aromatic N) is 4. The van der Waals surface area contributed by atoms with Gasteiger partial charge >= 0.3 is 0 Å². The van der Waals surface area contributed by atoms with Crippen molar-refractivity contribution < 1.29 is 4.79 Å². The number of para-hydroxylation sites is 2. The lowest BCUT2D eigenvalue weighted by molar-refractivity contribution is 0.102. The molecule has 7 heteroatoms. The lowest BCUT2D eigenvalue weighted by Gasteiger charge is -2.10. The molecule has 0 aliphatic rings. The second-order valence-electron chi connectivity index (χ2n) is 7.31. The van der Waals surface area contributed by atoms with Crippen LogP contribution in [0.5, 0.6) is 0 Å². The van der Waals surface area contributed by atoms with Crippen molar-refractivity contribution in [2.24, 2.45) is 0 Å². The Morgan fingerprint density at radius 1 is 1.07 bits per heavy atom. The summed E-state index contributed by atoms with van der Waals surface area (Å²) in [4.78, 5) is 22.2. The SMILES string of the molecule is CC(C)n1ncc2cc(C(=O)Nc3ccccc3-c3nc4ccccc4s3)cnc21. The Labute approximate surface area is 177 Å². The standard InChI is InChI=1S/C23H19N5OS/c1-14(2)28-21-15(13-25-28)11-16(12-24-21)22(29)26-18-8-4-3-7-17(18)23-27-19-9-5-6-10-20(19)30-23/h3-14H,1-2H3,(H,26,29). The number of rotatable bonds is 4. The number of hydrogen-bond acceptors (Lipinski definition) is 5. The van der Waals surface area contributed by atoms with Gasteiger partial charge in [-0.2, -0.15) is 5.10 Å². The average Bonchev–Trinajstić information content (AvgIpc) is 3.37. The maximum absolute atomic E-state index is 13.0. The monoisotopic (exact) mass is 413 g/mol. The van der Waals surface area contributed by atoms with Gasteiger partial charge in [-0.1, -0.05) is 24.3 Å². The number of carbonyl (C=O) groups is 1. The molecule has 1 N–H and O–H groups in total.